The van der Waals surface area contributed by atoms with E-state index in [-0.39, 0.29) is 5.75 Å². The smallest absolute Gasteiger partial charge is 0.406 e. The Morgan fingerprint density at radius 1 is 0.867 bits per heavy atom. The number of ether oxygens (including phenoxy) is 1. The highest BCUT2D eigenvalue weighted by Crippen LogP contribution is 2.46. The molecule has 1 N–H and O–H groups in total. The molecule has 1 heterocycles. The van der Waals surface area contributed by atoms with Crippen LogP contribution in [0.3, 0.4) is 0 Å². The summed E-state index contributed by atoms with van der Waals surface area (Å²) in [7, 11) is 0. The van der Waals surface area contributed by atoms with Crippen molar-refractivity contribution in [2.75, 3.05) is 0 Å². The third-order valence-electron chi connectivity index (χ3n) is 5.10. The Labute approximate surface area is 173 Å². The zero-order valence-corrected chi connectivity index (χ0v) is 17.2. The summed E-state index contributed by atoms with van der Waals surface area (Å²) in [6, 6.07) is 11.3. The number of benzene rings is 2. The lowest BCUT2D eigenvalue weighted by molar-refractivity contribution is -0.274. The van der Waals surface area contributed by atoms with Crippen LogP contribution in [0.2, 0.25) is 0 Å². The Morgan fingerprint density at radius 3 is 1.93 bits per heavy atom. The number of halogens is 3. The maximum absolute atomic E-state index is 12.4. The van der Waals surface area contributed by atoms with Crippen molar-refractivity contribution in [2.45, 2.75) is 39.7 Å². The van der Waals surface area contributed by atoms with E-state index in [9.17, 15) is 18.3 Å². The zero-order chi connectivity index (χ0) is 22.2. The number of hydrogen-bond acceptors (Lipinski definition) is 4. The van der Waals surface area contributed by atoms with Gasteiger partial charge < -0.3 is 9.84 Å². The molecule has 30 heavy (non-hydrogen) atoms. The van der Waals surface area contributed by atoms with Crippen LogP contribution in [0.25, 0.3) is 11.1 Å². The van der Waals surface area contributed by atoms with Gasteiger partial charge in [-0.05, 0) is 46.7 Å². The fourth-order valence-corrected chi connectivity index (χ4v) is 3.58. The molecule has 158 valence electrons. The van der Waals surface area contributed by atoms with E-state index in [0.29, 0.717) is 11.1 Å². The maximum atomic E-state index is 12.4. The normalized spacial score (nSPS) is 14.3. The molecule has 0 bridgehead atoms. The van der Waals surface area contributed by atoms with Crippen LogP contribution < -0.4 is 4.74 Å². The molecule has 0 saturated carbocycles. The minimum absolute atomic E-state index is 0.272. The maximum Gasteiger partial charge on any atom is 0.573 e. The molecule has 0 aliphatic carbocycles. The fraction of sp³-hybridized carbons (Fsp3) is 0.304. The number of rotatable bonds is 4. The van der Waals surface area contributed by atoms with Gasteiger partial charge in [0.05, 0.1) is 0 Å². The molecule has 2 aromatic carbocycles. The van der Waals surface area contributed by atoms with E-state index >= 15 is 0 Å². The molecular formula is C23H23F3N2O2. The average Bonchev–Trinajstić information content (AvgIpc) is 2.66. The molecular weight excluding hydrogens is 393 g/mol. The lowest BCUT2D eigenvalue weighted by atomic mass is 9.68. The van der Waals surface area contributed by atoms with Gasteiger partial charge in [0.1, 0.15) is 17.7 Å². The Balaban J connectivity index is 2.00. The molecule has 3 aromatic rings. The van der Waals surface area contributed by atoms with E-state index < -0.39 is 17.4 Å². The number of alkyl halides is 3. The van der Waals surface area contributed by atoms with Gasteiger partial charge in [0.2, 0.25) is 0 Å². The van der Waals surface area contributed by atoms with Crippen molar-refractivity contribution in [3.63, 3.8) is 0 Å². The van der Waals surface area contributed by atoms with Gasteiger partial charge in [-0.15, -0.1) is 13.2 Å². The molecule has 0 amide bonds. The van der Waals surface area contributed by atoms with E-state index in [0.717, 1.165) is 16.7 Å². The Morgan fingerprint density at radius 2 is 1.43 bits per heavy atom. The number of aromatic nitrogens is 2. The summed E-state index contributed by atoms with van der Waals surface area (Å²) in [5.41, 5.74) is 1.80. The number of aliphatic hydroxyl groups is 1. The molecule has 7 heteroatoms. The van der Waals surface area contributed by atoms with Gasteiger partial charge in [-0.1, -0.05) is 51.1 Å². The first kappa shape index (κ1) is 21.8. The van der Waals surface area contributed by atoms with E-state index in [4.69, 9.17) is 0 Å². The van der Waals surface area contributed by atoms with Gasteiger partial charge in [-0.25, -0.2) is 9.97 Å². The Hall–Kier alpha value is -2.93. The van der Waals surface area contributed by atoms with E-state index in [1.807, 2.05) is 45.9 Å². The van der Waals surface area contributed by atoms with Crippen LogP contribution in [-0.2, 0) is 5.60 Å². The molecule has 1 atom stereocenters. The monoisotopic (exact) mass is 416 g/mol. The molecule has 1 aromatic heterocycles. The minimum atomic E-state index is -4.72. The average molecular weight is 416 g/mol. The highest BCUT2D eigenvalue weighted by atomic mass is 19.4. The predicted octanol–water partition coefficient (Wildman–Crippen LogP) is 5.63. The Bertz CT molecular complexity index is 1010. The van der Waals surface area contributed by atoms with Crippen LogP contribution in [0, 0.1) is 12.3 Å². The summed E-state index contributed by atoms with van der Waals surface area (Å²) in [6.07, 6.45) is -0.108. The first-order valence-electron chi connectivity index (χ1n) is 9.37. The summed E-state index contributed by atoms with van der Waals surface area (Å²) in [4.78, 5) is 8.11. The van der Waals surface area contributed by atoms with Crippen molar-refractivity contribution >= 4 is 0 Å². The third-order valence-corrected chi connectivity index (χ3v) is 5.10. The second-order valence-corrected chi connectivity index (χ2v) is 8.19. The summed E-state index contributed by atoms with van der Waals surface area (Å²) < 4.78 is 41.0. The summed E-state index contributed by atoms with van der Waals surface area (Å²) in [5, 5.41) is 11.8. The molecule has 0 aliphatic rings. The summed E-state index contributed by atoms with van der Waals surface area (Å²) in [6.45, 7) is 7.70. The van der Waals surface area contributed by atoms with Crippen molar-refractivity contribution in [1.29, 1.82) is 0 Å². The fourth-order valence-electron chi connectivity index (χ4n) is 3.58. The third kappa shape index (κ3) is 4.31. The SMILES string of the molecule is Cc1cc(-c2ccc(OC(F)(F)F)cc2)ccc1C(O)(c1cncnc1)C(C)(C)C. The molecule has 0 aliphatic heterocycles. The van der Waals surface area contributed by atoms with Crippen LogP contribution in [0.1, 0.15) is 37.5 Å². The molecule has 0 spiro atoms. The number of hydrogen-bond donors (Lipinski definition) is 1. The molecule has 0 radical (unpaired) electrons. The molecule has 1 unspecified atom stereocenters. The highest BCUT2D eigenvalue weighted by Gasteiger charge is 2.44. The van der Waals surface area contributed by atoms with Crippen LogP contribution in [0.15, 0.2) is 61.2 Å². The van der Waals surface area contributed by atoms with Crippen LogP contribution >= 0.6 is 0 Å². The van der Waals surface area contributed by atoms with E-state index in [1.54, 1.807) is 24.5 Å². The van der Waals surface area contributed by atoms with E-state index in [2.05, 4.69) is 14.7 Å². The predicted molar refractivity (Wildman–Crippen MR) is 108 cm³/mol. The Kier molecular flexibility index (Phi) is 5.60. The zero-order valence-electron chi connectivity index (χ0n) is 17.2. The van der Waals surface area contributed by atoms with Gasteiger partial charge >= 0.3 is 6.36 Å². The van der Waals surface area contributed by atoms with Gasteiger partial charge in [-0.2, -0.15) is 0 Å². The van der Waals surface area contributed by atoms with Gasteiger partial charge in [0, 0.05) is 18.0 Å². The first-order chi connectivity index (χ1) is 13.9. The number of nitrogens with zero attached hydrogens (tertiary/aromatic N) is 2. The van der Waals surface area contributed by atoms with Crippen LogP contribution in [-0.4, -0.2) is 21.4 Å². The summed E-state index contributed by atoms with van der Waals surface area (Å²) >= 11 is 0. The van der Waals surface area contributed by atoms with Gasteiger partial charge in [0.25, 0.3) is 0 Å². The molecule has 4 nitrogen and oxygen atoms in total. The summed E-state index contributed by atoms with van der Waals surface area (Å²) in [5.74, 6) is -0.272. The topological polar surface area (TPSA) is 55.2 Å². The molecule has 0 fully saturated rings. The number of aryl methyl sites for hydroxylation is 1. The molecule has 3 rings (SSSR count). The minimum Gasteiger partial charge on any atom is -0.406 e. The lowest BCUT2D eigenvalue weighted by Crippen LogP contribution is -2.42. The van der Waals surface area contributed by atoms with Crippen molar-refractivity contribution in [3.8, 4) is 16.9 Å². The quantitative estimate of drug-likeness (QED) is 0.599. The van der Waals surface area contributed by atoms with E-state index in [1.165, 1.54) is 18.5 Å². The lowest BCUT2D eigenvalue weighted by Gasteiger charge is -2.41. The van der Waals surface area contributed by atoms with Crippen molar-refractivity contribution in [2.24, 2.45) is 5.41 Å². The first-order valence-corrected chi connectivity index (χ1v) is 9.37. The van der Waals surface area contributed by atoms with Crippen LogP contribution in [0.4, 0.5) is 13.2 Å². The standard InChI is InChI=1S/C23H23F3N2O2/c1-15-11-17(16-5-8-19(9-6-16)30-23(24,25)26)7-10-20(15)22(29,21(2,3)4)18-12-27-14-28-13-18/h5-14,29H,1-4H3. The van der Waals surface area contributed by atoms with Crippen molar-refractivity contribution in [1.82, 2.24) is 9.97 Å². The van der Waals surface area contributed by atoms with Crippen LogP contribution in [0.5, 0.6) is 5.75 Å². The highest BCUT2D eigenvalue weighted by molar-refractivity contribution is 5.66. The van der Waals surface area contributed by atoms with Gasteiger partial charge in [0.15, 0.2) is 0 Å². The van der Waals surface area contributed by atoms with Gasteiger partial charge in [-0.3, -0.25) is 0 Å². The second-order valence-electron chi connectivity index (χ2n) is 8.19. The van der Waals surface area contributed by atoms with Crippen molar-refractivity contribution in [3.05, 3.63) is 77.9 Å². The molecule has 0 saturated heterocycles. The van der Waals surface area contributed by atoms with Crippen molar-refractivity contribution < 1.29 is 23.0 Å². The largest absolute Gasteiger partial charge is 0.573 e. The second kappa shape index (κ2) is 7.72.